The third kappa shape index (κ3) is 2.74. The highest BCUT2D eigenvalue weighted by Crippen LogP contribution is 2.72. The Hall–Kier alpha value is -1.43. The van der Waals surface area contributed by atoms with E-state index in [2.05, 4.69) is 20.8 Å². The quantitative estimate of drug-likeness (QED) is 0.526. The Bertz CT molecular complexity index is 727. The van der Waals surface area contributed by atoms with Gasteiger partial charge in [-0.15, -0.1) is 0 Å². The molecule has 0 bridgehead atoms. The van der Waals surface area contributed by atoms with Gasteiger partial charge in [-0.05, 0) is 36.0 Å². The van der Waals surface area contributed by atoms with Gasteiger partial charge in [0, 0.05) is 12.3 Å². The summed E-state index contributed by atoms with van der Waals surface area (Å²) < 4.78 is 17.2. The van der Waals surface area contributed by atoms with Crippen LogP contribution in [0.3, 0.4) is 0 Å². The lowest BCUT2D eigenvalue weighted by atomic mass is 9.44. The number of ketones is 1. The zero-order valence-electron chi connectivity index (χ0n) is 18.4. The molecule has 162 valence electrons. The van der Waals surface area contributed by atoms with Crippen LogP contribution in [0.4, 0.5) is 0 Å². The molecule has 0 radical (unpaired) electrons. The van der Waals surface area contributed by atoms with Crippen LogP contribution < -0.4 is 0 Å². The average molecular weight is 407 g/mol. The Morgan fingerprint density at radius 1 is 1.21 bits per heavy atom. The van der Waals surface area contributed by atoms with Gasteiger partial charge in [-0.2, -0.15) is 0 Å². The number of carbonyl (C=O) groups is 3. The van der Waals surface area contributed by atoms with Gasteiger partial charge in [0.05, 0.1) is 25.0 Å². The van der Waals surface area contributed by atoms with Crippen molar-refractivity contribution in [2.24, 2.45) is 46.3 Å². The smallest absolute Gasteiger partial charge is 0.320 e. The van der Waals surface area contributed by atoms with Gasteiger partial charge in [-0.25, -0.2) is 0 Å². The Balaban J connectivity index is 1.66. The Morgan fingerprint density at radius 3 is 2.52 bits per heavy atom. The topological polar surface area (TPSA) is 78.9 Å². The molecule has 8 atom stereocenters. The first-order valence-electron chi connectivity index (χ1n) is 11.0. The fourth-order valence-electron chi connectivity index (χ4n) is 7.03. The molecule has 6 nitrogen and oxygen atoms in total. The summed E-state index contributed by atoms with van der Waals surface area (Å²) in [4.78, 5) is 38.9. The highest BCUT2D eigenvalue weighted by molar-refractivity contribution is 6.10. The summed E-state index contributed by atoms with van der Waals surface area (Å²) in [5.41, 5.74) is -1.76. The standard InChI is InChI=1S/C23H34O6/c1-11(2)13-8-7-12(3)9-14(13)28-20-17-16(19(25)29-20)18-22(4,5)10-15(24)23(17,18)21(26)27-6/h11-14,16-18,20H,7-10H2,1-6H3/t12-,13+,14-,16-,17-,18-,20-,23+/m1/s1. The maximum Gasteiger partial charge on any atom is 0.320 e. The fourth-order valence-corrected chi connectivity index (χ4v) is 7.03. The van der Waals surface area contributed by atoms with Crippen LogP contribution in [0, 0.1) is 46.3 Å². The first kappa shape index (κ1) is 20.8. The molecule has 0 aromatic carbocycles. The predicted octanol–water partition coefficient (Wildman–Crippen LogP) is 3.37. The van der Waals surface area contributed by atoms with Gasteiger partial charge < -0.3 is 14.2 Å². The van der Waals surface area contributed by atoms with E-state index in [4.69, 9.17) is 14.2 Å². The molecule has 3 saturated carbocycles. The largest absolute Gasteiger partial charge is 0.468 e. The van der Waals surface area contributed by atoms with Gasteiger partial charge in [-0.3, -0.25) is 14.4 Å². The second-order valence-electron chi connectivity index (χ2n) is 10.8. The number of esters is 2. The summed E-state index contributed by atoms with van der Waals surface area (Å²) in [5, 5.41) is 0. The van der Waals surface area contributed by atoms with Crippen molar-refractivity contribution in [2.75, 3.05) is 7.11 Å². The van der Waals surface area contributed by atoms with Crippen molar-refractivity contribution in [1.29, 1.82) is 0 Å². The third-order valence-corrected chi connectivity index (χ3v) is 8.27. The van der Waals surface area contributed by atoms with Crippen LogP contribution in [0.5, 0.6) is 0 Å². The lowest BCUT2D eigenvalue weighted by Gasteiger charge is -2.54. The fraction of sp³-hybridized carbons (Fsp3) is 0.870. The number of ether oxygens (including phenoxy) is 3. The highest BCUT2D eigenvalue weighted by Gasteiger charge is 2.84. The monoisotopic (exact) mass is 406 g/mol. The molecular weight excluding hydrogens is 372 g/mol. The molecule has 0 aromatic rings. The molecule has 6 heteroatoms. The molecule has 29 heavy (non-hydrogen) atoms. The minimum Gasteiger partial charge on any atom is -0.468 e. The molecule has 0 unspecified atom stereocenters. The maximum absolute atomic E-state index is 13.2. The van der Waals surface area contributed by atoms with Crippen LogP contribution in [-0.4, -0.2) is 37.2 Å². The lowest BCUT2D eigenvalue weighted by molar-refractivity contribution is -0.233. The van der Waals surface area contributed by atoms with Gasteiger partial charge in [0.1, 0.15) is 5.41 Å². The van der Waals surface area contributed by atoms with Crippen molar-refractivity contribution in [3.63, 3.8) is 0 Å². The number of fused-ring (bicyclic) bond motifs is 4. The van der Waals surface area contributed by atoms with Crippen LogP contribution in [0.1, 0.15) is 60.3 Å². The molecular formula is C23H34O6. The number of Topliss-reactive ketones (excluding diaryl/α,β-unsaturated/α-hetero) is 1. The van der Waals surface area contributed by atoms with Crippen LogP contribution in [0.2, 0.25) is 0 Å². The molecule has 0 amide bonds. The minimum atomic E-state index is -1.31. The molecule has 1 heterocycles. The first-order valence-corrected chi connectivity index (χ1v) is 11.0. The van der Waals surface area contributed by atoms with Gasteiger partial charge >= 0.3 is 11.9 Å². The van der Waals surface area contributed by atoms with Crippen LogP contribution in [0.15, 0.2) is 0 Å². The minimum absolute atomic E-state index is 0.0337. The third-order valence-electron chi connectivity index (χ3n) is 8.27. The maximum atomic E-state index is 13.2. The first-order chi connectivity index (χ1) is 13.6. The second kappa shape index (κ2) is 6.79. The van der Waals surface area contributed by atoms with Crippen molar-refractivity contribution < 1.29 is 28.6 Å². The lowest BCUT2D eigenvalue weighted by Crippen LogP contribution is -2.66. The number of hydrogen-bond donors (Lipinski definition) is 0. The van der Waals surface area contributed by atoms with E-state index in [9.17, 15) is 14.4 Å². The number of cyclic esters (lactones) is 1. The van der Waals surface area contributed by atoms with E-state index >= 15 is 0 Å². The number of rotatable bonds is 4. The molecule has 0 spiro atoms. The van der Waals surface area contributed by atoms with E-state index in [0.717, 1.165) is 12.8 Å². The van der Waals surface area contributed by atoms with Gasteiger partial charge in [0.25, 0.3) is 0 Å². The van der Waals surface area contributed by atoms with E-state index in [1.165, 1.54) is 13.5 Å². The zero-order chi connectivity index (χ0) is 21.3. The Kier molecular flexibility index (Phi) is 4.88. The summed E-state index contributed by atoms with van der Waals surface area (Å²) in [6.45, 7) is 10.5. The average Bonchev–Trinajstić information content (AvgIpc) is 2.93. The van der Waals surface area contributed by atoms with Gasteiger partial charge in [0.15, 0.2) is 5.78 Å². The summed E-state index contributed by atoms with van der Waals surface area (Å²) in [5.74, 6) is -1.07. The zero-order valence-corrected chi connectivity index (χ0v) is 18.4. The van der Waals surface area contributed by atoms with Crippen molar-refractivity contribution >= 4 is 17.7 Å². The summed E-state index contributed by atoms with van der Waals surface area (Å²) in [6, 6.07) is 0. The summed E-state index contributed by atoms with van der Waals surface area (Å²) in [6.07, 6.45) is 2.54. The second-order valence-corrected chi connectivity index (χ2v) is 10.8. The van der Waals surface area contributed by atoms with Crippen molar-refractivity contribution in [2.45, 2.75) is 72.7 Å². The summed E-state index contributed by atoms with van der Waals surface area (Å²) >= 11 is 0. The Labute approximate surface area is 173 Å². The molecule has 4 fully saturated rings. The van der Waals surface area contributed by atoms with E-state index in [0.29, 0.717) is 17.8 Å². The molecule has 0 aromatic heterocycles. The Morgan fingerprint density at radius 2 is 1.90 bits per heavy atom. The van der Waals surface area contributed by atoms with E-state index in [-0.39, 0.29) is 30.2 Å². The van der Waals surface area contributed by atoms with Crippen molar-refractivity contribution in [1.82, 2.24) is 0 Å². The predicted molar refractivity (Wildman–Crippen MR) is 104 cm³/mol. The van der Waals surface area contributed by atoms with Crippen LogP contribution in [0.25, 0.3) is 0 Å². The van der Waals surface area contributed by atoms with Crippen molar-refractivity contribution in [3.8, 4) is 0 Å². The van der Waals surface area contributed by atoms with Gasteiger partial charge in [-0.1, -0.05) is 41.0 Å². The van der Waals surface area contributed by atoms with E-state index in [1.54, 1.807) is 0 Å². The van der Waals surface area contributed by atoms with Crippen LogP contribution >= 0.6 is 0 Å². The van der Waals surface area contributed by atoms with Crippen LogP contribution in [-0.2, 0) is 28.6 Å². The number of carbonyl (C=O) groups excluding carboxylic acids is 3. The molecule has 4 aliphatic rings. The normalized spacial score (nSPS) is 45.4. The molecule has 4 rings (SSSR count). The summed E-state index contributed by atoms with van der Waals surface area (Å²) in [7, 11) is 1.31. The number of methoxy groups -OCH3 is 1. The highest BCUT2D eigenvalue weighted by atomic mass is 16.7. The molecule has 0 N–H and O–H groups in total. The SMILES string of the molecule is COC(=O)[C@]12C(=O)CC(C)(C)[C@H]1[C@@H]1C(=O)O[C@@H](O[C@@H]3C[C@H](C)CC[C@H]3C(C)C)[C@@H]12. The molecule has 1 saturated heterocycles. The van der Waals surface area contributed by atoms with Crippen molar-refractivity contribution in [3.05, 3.63) is 0 Å². The van der Waals surface area contributed by atoms with E-state index in [1.807, 2.05) is 13.8 Å². The molecule has 3 aliphatic carbocycles. The molecule has 1 aliphatic heterocycles. The van der Waals surface area contributed by atoms with E-state index < -0.39 is 34.9 Å². The number of hydrogen-bond acceptors (Lipinski definition) is 6. The van der Waals surface area contributed by atoms with Gasteiger partial charge in [0.2, 0.25) is 6.29 Å².